The van der Waals surface area contributed by atoms with E-state index in [2.05, 4.69) is 20.7 Å². The maximum Gasteiger partial charge on any atom is 0.267 e. The van der Waals surface area contributed by atoms with Crippen LogP contribution >= 0.6 is 22.9 Å². The van der Waals surface area contributed by atoms with Crippen LogP contribution in [0.15, 0.2) is 67.1 Å². The number of rotatable bonds is 5. The SMILES string of the molecule is Cn1cc(-c2ncc(C(=O)Nc3cc(C(=O)Nc4ccccc4)ccc3Cl)s2)cn1. The highest BCUT2D eigenvalue weighted by atomic mass is 35.5. The molecule has 0 aliphatic carbocycles. The van der Waals surface area contributed by atoms with Gasteiger partial charge in [0.15, 0.2) is 0 Å². The molecule has 0 saturated heterocycles. The average Bonchev–Trinajstić information content (AvgIpc) is 3.39. The topological polar surface area (TPSA) is 88.9 Å². The predicted molar refractivity (Wildman–Crippen MR) is 118 cm³/mol. The lowest BCUT2D eigenvalue weighted by Gasteiger charge is -2.09. The fraction of sp³-hybridized carbons (Fsp3) is 0.0476. The molecular formula is C21H16ClN5O2S. The Kier molecular flexibility index (Phi) is 5.60. The first-order valence-electron chi connectivity index (χ1n) is 8.92. The van der Waals surface area contributed by atoms with Gasteiger partial charge < -0.3 is 10.6 Å². The molecule has 4 aromatic rings. The van der Waals surface area contributed by atoms with Gasteiger partial charge in [0.1, 0.15) is 9.88 Å². The summed E-state index contributed by atoms with van der Waals surface area (Å²) in [6, 6.07) is 13.8. The van der Waals surface area contributed by atoms with E-state index in [0.29, 0.717) is 31.8 Å². The van der Waals surface area contributed by atoms with Gasteiger partial charge in [0.2, 0.25) is 0 Å². The number of carbonyl (C=O) groups is 2. The molecule has 0 aliphatic heterocycles. The van der Waals surface area contributed by atoms with E-state index >= 15 is 0 Å². The van der Waals surface area contributed by atoms with Gasteiger partial charge in [-0.05, 0) is 30.3 Å². The number of aryl methyl sites for hydroxylation is 1. The second-order valence-electron chi connectivity index (χ2n) is 6.40. The minimum absolute atomic E-state index is 0.301. The van der Waals surface area contributed by atoms with Gasteiger partial charge in [0, 0.05) is 30.1 Å². The summed E-state index contributed by atoms with van der Waals surface area (Å²) in [5, 5.41) is 10.7. The summed E-state index contributed by atoms with van der Waals surface area (Å²) < 4.78 is 1.67. The summed E-state index contributed by atoms with van der Waals surface area (Å²) in [7, 11) is 1.81. The molecule has 0 atom stereocenters. The molecule has 2 N–H and O–H groups in total. The predicted octanol–water partition coefficient (Wildman–Crippen LogP) is 4.70. The van der Waals surface area contributed by atoms with Crippen LogP contribution in [0, 0.1) is 0 Å². The Balaban J connectivity index is 1.50. The molecule has 0 aliphatic rings. The van der Waals surface area contributed by atoms with Gasteiger partial charge in [0.05, 0.1) is 23.1 Å². The number of anilines is 2. The maximum absolute atomic E-state index is 12.7. The molecule has 0 unspecified atom stereocenters. The van der Waals surface area contributed by atoms with Crippen molar-refractivity contribution in [2.75, 3.05) is 10.6 Å². The summed E-state index contributed by atoms with van der Waals surface area (Å²) in [4.78, 5) is 29.9. The summed E-state index contributed by atoms with van der Waals surface area (Å²) in [5.74, 6) is -0.657. The number of hydrogen-bond acceptors (Lipinski definition) is 5. The minimum atomic E-state index is -0.356. The van der Waals surface area contributed by atoms with Crippen molar-refractivity contribution in [1.82, 2.24) is 14.8 Å². The number of carbonyl (C=O) groups excluding carboxylic acids is 2. The van der Waals surface area contributed by atoms with E-state index in [1.165, 1.54) is 17.5 Å². The quantitative estimate of drug-likeness (QED) is 0.473. The second kappa shape index (κ2) is 8.48. The Morgan fingerprint density at radius 3 is 2.57 bits per heavy atom. The largest absolute Gasteiger partial charge is 0.322 e. The number of benzene rings is 2. The minimum Gasteiger partial charge on any atom is -0.322 e. The van der Waals surface area contributed by atoms with E-state index in [1.807, 2.05) is 31.4 Å². The van der Waals surface area contributed by atoms with Crippen LogP contribution in [0.4, 0.5) is 11.4 Å². The Hall–Kier alpha value is -3.49. The van der Waals surface area contributed by atoms with E-state index in [-0.39, 0.29) is 11.8 Å². The third-order valence-corrected chi connectivity index (χ3v) is 5.56. The smallest absolute Gasteiger partial charge is 0.267 e. The van der Waals surface area contributed by atoms with Crippen LogP contribution in [0.25, 0.3) is 10.6 Å². The highest BCUT2D eigenvalue weighted by Crippen LogP contribution is 2.28. The van der Waals surface area contributed by atoms with Gasteiger partial charge >= 0.3 is 0 Å². The van der Waals surface area contributed by atoms with Crippen LogP contribution in [-0.2, 0) is 7.05 Å². The summed E-state index contributed by atoms with van der Waals surface area (Å²) >= 11 is 7.47. The van der Waals surface area contributed by atoms with Crippen LogP contribution in [0.5, 0.6) is 0 Å². The van der Waals surface area contributed by atoms with E-state index in [4.69, 9.17) is 11.6 Å². The highest BCUT2D eigenvalue weighted by molar-refractivity contribution is 7.17. The number of halogens is 1. The van der Waals surface area contributed by atoms with E-state index in [0.717, 1.165) is 5.56 Å². The van der Waals surface area contributed by atoms with Crippen molar-refractivity contribution >= 4 is 46.1 Å². The fourth-order valence-electron chi connectivity index (χ4n) is 2.72. The van der Waals surface area contributed by atoms with Gasteiger partial charge in [-0.1, -0.05) is 29.8 Å². The average molecular weight is 438 g/mol. The molecule has 7 nitrogen and oxygen atoms in total. The van der Waals surface area contributed by atoms with Crippen molar-refractivity contribution in [1.29, 1.82) is 0 Å². The first-order valence-corrected chi connectivity index (χ1v) is 10.1. The van der Waals surface area contributed by atoms with E-state index in [9.17, 15) is 9.59 Å². The normalized spacial score (nSPS) is 10.6. The zero-order valence-corrected chi connectivity index (χ0v) is 17.4. The van der Waals surface area contributed by atoms with Gasteiger partial charge in [0.25, 0.3) is 11.8 Å². The molecule has 0 spiro atoms. The first-order chi connectivity index (χ1) is 14.5. The Labute approximate surface area is 181 Å². The number of hydrogen-bond donors (Lipinski definition) is 2. The molecule has 9 heteroatoms. The van der Waals surface area contributed by atoms with Crippen molar-refractivity contribution in [3.05, 3.63) is 82.6 Å². The van der Waals surface area contributed by atoms with Gasteiger partial charge in [-0.3, -0.25) is 14.3 Å². The van der Waals surface area contributed by atoms with Crippen LogP contribution < -0.4 is 10.6 Å². The third-order valence-electron chi connectivity index (χ3n) is 4.19. The monoisotopic (exact) mass is 437 g/mol. The summed E-state index contributed by atoms with van der Waals surface area (Å²) in [6.07, 6.45) is 5.01. The van der Waals surface area contributed by atoms with Crippen molar-refractivity contribution in [2.45, 2.75) is 0 Å². The van der Waals surface area contributed by atoms with Crippen LogP contribution in [0.3, 0.4) is 0 Å². The lowest BCUT2D eigenvalue weighted by molar-refractivity contribution is 0.101. The molecule has 2 aromatic heterocycles. The van der Waals surface area contributed by atoms with Gasteiger partial charge in [-0.15, -0.1) is 11.3 Å². The lowest BCUT2D eigenvalue weighted by atomic mass is 10.1. The van der Waals surface area contributed by atoms with Crippen LogP contribution in [0.1, 0.15) is 20.0 Å². The van der Waals surface area contributed by atoms with Crippen molar-refractivity contribution in [3.63, 3.8) is 0 Å². The molecule has 0 saturated carbocycles. The van der Waals surface area contributed by atoms with Gasteiger partial charge in [-0.2, -0.15) is 5.10 Å². The van der Waals surface area contributed by atoms with Crippen LogP contribution in [0.2, 0.25) is 5.02 Å². The number of para-hydroxylation sites is 1. The number of amides is 2. The van der Waals surface area contributed by atoms with E-state index < -0.39 is 0 Å². The zero-order chi connectivity index (χ0) is 21.1. The first kappa shape index (κ1) is 19.8. The maximum atomic E-state index is 12.7. The molecule has 2 aromatic carbocycles. The van der Waals surface area contributed by atoms with Crippen molar-refractivity contribution in [2.24, 2.45) is 7.05 Å². The molecule has 2 heterocycles. The number of nitrogens with zero attached hydrogens (tertiary/aromatic N) is 3. The van der Waals surface area contributed by atoms with Crippen molar-refractivity contribution in [3.8, 4) is 10.6 Å². The lowest BCUT2D eigenvalue weighted by Crippen LogP contribution is -2.14. The van der Waals surface area contributed by atoms with Crippen LogP contribution in [-0.4, -0.2) is 26.6 Å². The highest BCUT2D eigenvalue weighted by Gasteiger charge is 2.16. The Morgan fingerprint density at radius 2 is 1.83 bits per heavy atom. The molecule has 0 bridgehead atoms. The zero-order valence-electron chi connectivity index (χ0n) is 15.8. The standard InChI is InChI=1S/C21H16ClN5O2S/c1-27-12-14(10-24-27)21-23-11-18(30-21)20(29)26-17-9-13(7-8-16(17)22)19(28)25-15-5-3-2-4-6-15/h2-12H,1H3,(H,25,28)(H,26,29). The number of aromatic nitrogens is 3. The van der Waals surface area contributed by atoms with E-state index in [1.54, 1.807) is 41.2 Å². The molecule has 150 valence electrons. The molecule has 2 amide bonds. The number of thiazole rings is 1. The molecule has 30 heavy (non-hydrogen) atoms. The third kappa shape index (κ3) is 4.40. The molecule has 0 radical (unpaired) electrons. The summed E-state index contributed by atoms with van der Waals surface area (Å²) in [6.45, 7) is 0. The second-order valence-corrected chi connectivity index (χ2v) is 7.84. The molecule has 4 rings (SSSR count). The summed E-state index contributed by atoms with van der Waals surface area (Å²) in [5.41, 5.74) is 2.23. The van der Waals surface area contributed by atoms with Crippen molar-refractivity contribution < 1.29 is 9.59 Å². The fourth-order valence-corrected chi connectivity index (χ4v) is 3.67. The Morgan fingerprint density at radius 1 is 1.03 bits per heavy atom. The molecular weight excluding hydrogens is 422 g/mol. The van der Waals surface area contributed by atoms with Gasteiger partial charge in [-0.25, -0.2) is 4.98 Å². The Bertz CT molecular complexity index is 1220. The number of nitrogens with one attached hydrogen (secondary N) is 2. The molecule has 0 fully saturated rings.